The summed E-state index contributed by atoms with van der Waals surface area (Å²) in [4.78, 5) is 27.7. The van der Waals surface area contributed by atoms with Crippen molar-refractivity contribution in [3.63, 3.8) is 0 Å². The van der Waals surface area contributed by atoms with Crippen molar-refractivity contribution in [2.24, 2.45) is 0 Å². The summed E-state index contributed by atoms with van der Waals surface area (Å²) in [6.07, 6.45) is 1.66. The fourth-order valence-corrected chi connectivity index (χ4v) is 4.45. The summed E-state index contributed by atoms with van der Waals surface area (Å²) < 4.78 is 17.1. The van der Waals surface area contributed by atoms with Gasteiger partial charge in [-0.05, 0) is 59.2 Å². The van der Waals surface area contributed by atoms with Gasteiger partial charge in [-0.15, -0.1) is 11.3 Å². The number of hydrogen-bond donors (Lipinski definition) is 1. The van der Waals surface area contributed by atoms with E-state index in [0.717, 1.165) is 21.3 Å². The SMILES string of the molecule is COC(=O)c1ccc(COc2ccc(C=C(CC(=O)O)c3nc4ccccc4s3)cc2OC)cc1. The molecule has 1 N–H and O–H groups in total. The second-order valence-electron chi connectivity index (χ2n) is 7.61. The van der Waals surface area contributed by atoms with Crippen molar-refractivity contribution in [2.75, 3.05) is 14.2 Å². The molecule has 1 heterocycles. The van der Waals surface area contributed by atoms with Gasteiger partial charge in [-0.1, -0.05) is 30.3 Å². The van der Waals surface area contributed by atoms with Gasteiger partial charge in [0.1, 0.15) is 11.6 Å². The van der Waals surface area contributed by atoms with Gasteiger partial charge in [-0.25, -0.2) is 9.78 Å². The van der Waals surface area contributed by atoms with Crippen molar-refractivity contribution in [1.82, 2.24) is 4.98 Å². The number of thiazole rings is 1. The highest BCUT2D eigenvalue weighted by molar-refractivity contribution is 7.19. The van der Waals surface area contributed by atoms with Crippen LogP contribution in [0.5, 0.6) is 11.5 Å². The molecule has 0 aliphatic heterocycles. The largest absolute Gasteiger partial charge is 0.493 e. The van der Waals surface area contributed by atoms with Crippen molar-refractivity contribution in [3.8, 4) is 11.5 Å². The molecule has 0 aliphatic rings. The number of nitrogens with zero attached hydrogens (tertiary/aromatic N) is 1. The van der Waals surface area contributed by atoms with Crippen LogP contribution in [-0.2, 0) is 16.1 Å². The van der Waals surface area contributed by atoms with E-state index in [1.807, 2.05) is 36.4 Å². The molecule has 0 radical (unpaired) electrons. The second-order valence-corrected chi connectivity index (χ2v) is 8.64. The number of esters is 1. The Morgan fingerprint density at radius 2 is 1.77 bits per heavy atom. The van der Waals surface area contributed by atoms with Crippen LogP contribution < -0.4 is 9.47 Å². The summed E-state index contributed by atoms with van der Waals surface area (Å²) in [5, 5.41) is 10.1. The number of hydrogen-bond acceptors (Lipinski definition) is 7. The third-order valence-corrected chi connectivity index (χ3v) is 6.32. The van der Waals surface area contributed by atoms with Gasteiger partial charge in [-0.3, -0.25) is 4.79 Å². The molecule has 0 aliphatic carbocycles. The lowest BCUT2D eigenvalue weighted by molar-refractivity contribution is -0.135. The molecule has 3 aromatic carbocycles. The molecule has 8 heteroatoms. The van der Waals surface area contributed by atoms with E-state index in [1.165, 1.54) is 18.4 Å². The molecule has 0 saturated heterocycles. The summed E-state index contributed by atoms with van der Waals surface area (Å²) in [5.41, 5.74) is 3.57. The number of benzene rings is 3. The van der Waals surface area contributed by atoms with Crippen molar-refractivity contribution in [3.05, 3.63) is 88.4 Å². The van der Waals surface area contributed by atoms with Gasteiger partial charge in [-0.2, -0.15) is 0 Å². The minimum atomic E-state index is -0.930. The molecule has 0 fully saturated rings. The van der Waals surface area contributed by atoms with Crippen LogP contribution in [0.3, 0.4) is 0 Å². The number of carboxylic acid groups (broad SMARTS) is 1. The number of carbonyl (C=O) groups is 2. The molecule has 178 valence electrons. The topological polar surface area (TPSA) is 95.0 Å². The highest BCUT2D eigenvalue weighted by atomic mass is 32.1. The van der Waals surface area contributed by atoms with E-state index in [-0.39, 0.29) is 13.0 Å². The van der Waals surface area contributed by atoms with E-state index in [9.17, 15) is 14.7 Å². The Labute approximate surface area is 206 Å². The maximum Gasteiger partial charge on any atom is 0.337 e. The van der Waals surface area contributed by atoms with Gasteiger partial charge >= 0.3 is 11.9 Å². The van der Waals surface area contributed by atoms with Crippen LogP contribution in [0.1, 0.15) is 32.9 Å². The standard InChI is InChI=1S/C27H23NO6S/c1-32-23-14-18(9-12-22(23)34-16-17-7-10-19(11-8-17)27(31)33-2)13-20(15-25(29)30)26-28-21-5-3-4-6-24(21)35-26/h3-14H,15-16H2,1-2H3,(H,29,30). The number of carboxylic acids is 1. The molecule has 0 unspecified atom stereocenters. The van der Waals surface area contributed by atoms with Crippen LogP contribution in [0, 0.1) is 0 Å². The van der Waals surface area contributed by atoms with Crippen LogP contribution in [0.15, 0.2) is 66.7 Å². The Morgan fingerprint density at radius 3 is 2.46 bits per heavy atom. The van der Waals surface area contributed by atoms with E-state index in [2.05, 4.69) is 4.98 Å². The van der Waals surface area contributed by atoms with Crippen LogP contribution >= 0.6 is 11.3 Å². The molecule has 0 spiro atoms. The number of para-hydroxylation sites is 1. The van der Waals surface area contributed by atoms with E-state index in [4.69, 9.17) is 14.2 Å². The summed E-state index contributed by atoms with van der Waals surface area (Å²) >= 11 is 1.46. The zero-order valence-electron chi connectivity index (χ0n) is 19.2. The minimum Gasteiger partial charge on any atom is -0.493 e. The number of rotatable bonds is 9. The molecule has 0 atom stereocenters. The normalized spacial score (nSPS) is 11.3. The van der Waals surface area contributed by atoms with Gasteiger partial charge < -0.3 is 19.3 Å². The third-order valence-electron chi connectivity index (χ3n) is 5.21. The predicted molar refractivity (Wildman–Crippen MR) is 135 cm³/mol. The Bertz CT molecular complexity index is 1360. The van der Waals surface area contributed by atoms with Crippen molar-refractivity contribution in [1.29, 1.82) is 0 Å². The number of ether oxygens (including phenoxy) is 3. The first-order valence-corrected chi connectivity index (χ1v) is 11.5. The summed E-state index contributed by atoms with van der Waals surface area (Å²) in [6.45, 7) is 0.281. The van der Waals surface area contributed by atoms with Gasteiger partial charge in [0.2, 0.25) is 0 Å². The van der Waals surface area contributed by atoms with Crippen LogP contribution in [-0.4, -0.2) is 36.2 Å². The van der Waals surface area contributed by atoms with Gasteiger partial charge in [0.25, 0.3) is 0 Å². The van der Waals surface area contributed by atoms with Gasteiger partial charge in [0.15, 0.2) is 11.5 Å². The van der Waals surface area contributed by atoms with Crippen LogP contribution in [0.2, 0.25) is 0 Å². The average Bonchev–Trinajstić information content (AvgIpc) is 3.31. The van der Waals surface area contributed by atoms with E-state index >= 15 is 0 Å². The van der Waals surface area contributed by atoms with Crippen molar-refractivity contribution < 1.29 is 28.9 Å². The van der Waals surface area contributed by atoms with Crippen molar-refractivity contribution >= 4 is 45.1 Å². The quantitative estimate of drug-likeness (QED) is 0.302. The molecular weight excluding hydrogens is 466 g/mol. The lowest BCUT2D eigenvalue weighted by Gasteiger charge is -2.12. The lowest BCUT2D eigenvalue weighted by atomic mass is 10.1. The zero-order valence-corrected chi connectivity index (χ0v) is 20.0. The van der Waals surface area contributed by atoms with E-state index in [1.54, 1.807) is 43.5 Å². The summed E-state index contributed by atoms with van der Waals surface area (Å²) in [5.74, 6) is -0.262. The summed E-state index contributed by atoms with van der Waals surface area (Å²) in [7, 11) is 2.89. The molecule has 0 bridgehead atoms. The molecule has 0 saturated carbocycles. The smallest absolute Gasteiger partial charge is 0.337 e. The Morgan fingerprint density at radius 1 is 1.00 bits per heavy atom. The first-order chi connectivity index (χ1) is 17.0. The second kappa shape index (κ2) is 10.8. The van der Waals surface area contributed by atoms with E-state index in [0.29, 0.717) is 27.6 Å². The molecule has 35 heavy (non-hydrogen) atoms. The number of aromatic nitrogens is 1. The fraction of sp³-hybridized carbons (Fsp3) is 0.148. The van der Waals surface area contributed by atoms with Gasteiger partial charge in [0.05, 0.1) is 36.4 Å². The first kappa shape index (κ1) is 24.0. The fourth-order valence-electron chi connectivity index (χ4n) is 3.47. The van der Waals surface area contributed by atoms with Crippen LogP contribution in [0.4, 0.5) is 0 Å². The molecule has 1 aromatic heterocycles. The van der Waals surface area contributed by atoms with Crippen molar-refractivity contribution in [2.45, 2.75) is 13.0 Å². The third kappa shape index (κ3) is 5.85. The Hall–Kier alpha value is -4.17. The number of fused-ring (bicyclic) bond motifs is 1. The Balaban J connectivity index is 1.55. The number of aliphatic carboxylic acids is 1. The first-order valence-electron chi connectivity index (χ1n) is 10.7. The van der Waals surface area contributed by atoms with E-state index < -0.39 is 11.9 Å². The maximum absolute atomic E-state index is 11.6. The monoisotopic (exact) mass is 489 g/mol. The maximum atomic E-state index is 11.6. The molecule has 0 amide bonds. The van der Waals surface area contributed by atoms with Crippen LogP contribution in [0.25, 0.3) is 21.9 Å². The molecule has 7 nitrogen and oxygen atoms in total. The average molecular weight is 490 g/mol. The highest BCUT2D eigenvalue weighted by Crippen LogP contribution is 2.33. The minimum absolute atomic E-state index is 0.151. The van der Waals surface area contributed by atoms with Gasteiger partial charge in [0, 0.05) is 0 Å². The molecule has 4 aromatic rings. The molecular formula is C27H23NO6S. The lowest BCUT2D eigenvalue weighted by Crippen LogP contribution is -2.02. The Kier molecular flexibility index (Phi) is 7.42. The number of carbonyl (C=O) groups excluding carboxylic acids is 1. The summed E-state index contributed by atoms with van der Waals surface area (Å²) in [6, 6.07) is 20.1. The molecule has 4 rings (SSSR count). The zero-order chi connectivity index (χ0) is 24.8. The number of methoxy groups -OCH3 is 2. The highest BCUT2D eigenvalue weighted by Gasteiger charge is 2.14. The predicted octanol–water partition coefficient (Wildman–Crippen LogP) is 5.69.